The van der Waals surface area contributed by atoms with E-state index < -0.39 is 11.7 Å². The molecule has 1 heterocycles. The van der Waals surface area contributed by atoms with Gasteiger partial charge in [-0.05, 0) is 12.1 Å². The number of hydrogen-bond acceptors (Lipinski definition) is 3. The maximum atomic E-state index is 13.4. The van der Waals surface area contributed by atoms with Crippen molar-refractivity contribution < 1.29 is 14.3 Å². The SMILES string of the molecule is Cn1ccnc1CCNC(=O)c1ccc(O)cc1F. The highest BCUT2D eigenvalue weighted by Crippen LogP contribution is 2.14. The van der Waals surface area contributed by atoms with E-state index in [1.165, 1.54) is 12.1 Å². The predicted octanol–water partition coefficient (Wildman–Crippen LogP) is 1.24. The van der Waals surface area contributed by atoms with Crippen molar-refractivity contribution in [2.45, 2.75) is 6.42 Å². The Bertz CT molecular complexity index is 595. The number of halogens is 1. The number of carbonyl (C=O) groups excluding carboxylic acids is 1. The zero-order valence-corrected chi connectivity index (χ0v) is 10.4. The van der Waals surface area contributed by atoms with E-state index in [2.05, 4.69) is 10.3 Å². The Kier molecular flexibility index (Phi) is 3.79. The van der Waals surface area contributed by atoms with Crippen molar-refractivity contribution in [1.82, 2.24) is 14.9 Å². The normalized spacial score (nSPS) is 10.4. The molecule has 0 fully saturated rings. The van der Waals surface area contributed by atoms with Crippen LogP contribution in [0, 0.1) is 5.82 Å². The molecule has 100 valence electrons. The highest BCUT2D eigenvalue weighted by atomic mass is 19.1. The second kappa shape index (κ2) is 5.51. The van der Waals surface area contributed by atoms with Crippen molar-refractivity contribution in [3.8, 4) is 5.75 Å². The summed E-state index contributed by atoms with van der Waals surface area (Å²) in [5, 5.41) is 11.7. The molecule has 0 aliphatic heterocycles. The molecule has 0 saturated carbocycles. The van der Waals surface area contributed by atoms with Crippen molar-refractivity contribution in [3.05, 3.63) is 47.8 Å². The lowest BCUT2D eigenvalue weighted by molar-refractivity contribution is 0.0950. The molecule has 0 saturated heterocycles. The quantitative estimate of drug-likeness (QED) is 0.872. The molecule has 2 rings (SSSR count). The first-order valence-corrected chi connectivity index (χ1v) is 5.81. The number of phenols is 1. The summed E-state index contributed by atoms with van der Waals surface area (Å²) in [6, 6.07) is 3.44. The molecular formula is C13H14FN3O2. The van der Waals surface area contributed by atoms with E-state index in [4.69, 9.17) is 5.11 Å². The minimum atomic E-state index is -0.741. The van der Waals surface area contributed by atoms with Gasteiger partial charge in [-0.15, -0.1) is 0 Å². The number of benzene rings is 1. The number of nitrogens with zero attached hydrogens (tertiary/aromatic N) is 2. The molecule has 5 nitrogen and oxygen atoms in total. The summed E-state index contributed by atoms with van der Waals surface area (Å²) >= 11 is 0. The third-order valence-corrected chi connectivity index (χ3v) is 2.75. The van der Waals surface area contributed by atoms with Gasteiger partial charge in [-0.3, -0.25) is 4.79 Å². The molecule has 0 unspecified atom stereocenters. The lowest BCUT2D eigenvalue weighted by Crippen LogP contribution is -2.27. The van der Waals surface area contributed by atoms with Crippen LogP contribution in [0.2, 0.25) is 0 Å². The summed E-state index contributed by atoms with van der Waals surface area (Å²) in [4.78, 5) is 15.8. The van der Waals surface area contributed by atoms with E-state index in [0.717, 1.165) is 11.9 Å². The van der Waals surface area contributed by atoms with E-state index in [-0.39, 0.29) is 11.3 Å². The molecule has 0 atom stereocenters. The highest BCUT2D eigenvalue weighted by molar-refractivity contribution is 5.94. The molecule has 1 amide bonds. The number of aromatic nitrogens is 2. The van der Waals surface area contributed by atoms with Crippen LogP contribution >= 0.6 is 0 Å². The van der Waals surface area contributed by atoms with Crippen molar-refractivity contribution in [1.29, 1.82) is 0 Å². The molecule has 19 heavy (non-hydrogen) atoms. The highest BCUT2D eigenvalue weighted by Gasteiger charge is 2.11. The Morgan fingerprint density at radius 3 is 2.95 bits per heavy atom. The summed E-state index contributed by atoms with van der Waals surface area (Å²) in [6.45, 7) is 0.365. The lowest BCUT2D eigenvalue weighted by atomic mass is 10.2. The molecule has 0 aliphatic carbocycles. The second-order valence-corrected chi connectivity index (χ2v) is 4.12. The predicted molar refractivity (Wildman–Crippen MR) is 67.3 cm³/mol. The fourth-order valence-corrected chi connectivity index (χ4v) is 1.71. The average molecular weight is 263 g/mol. The molecule has 0 radical (unpaired) electrons. The van der Waals surface area contributed by atoms with Gasteiger partial charge in [-0.1, -0.05) is 0 Å². The van der Waals surface area contributed by atoms with Gasteiger partial charge in [-0.25, -0.2) is 9.37 Å². The second-order valence-electron chi connectivity index (χ2n) is 4.12. The largest absolute Gasteiger partial charge is 0.508 e. The molecular weight excluding hydrogens is 249 g/mol. The third kappa shape index (κ3) is 3.09. The number of phenolic OH excluding ortho intramolecular Hbond substituents is 1. The fourth-order valence-electron chi connectivity index (χ4n) is 1.71. The van der Waals surface area contributed by atoms with Gasteiger partial charge in [-0.2, -0.15) is 0 Å². The Hall–Kier alpha value is -2.37. The molecule has 1 aromatic carbocycles. The standard InChI is InChI=1S/C13H14FN3O2/c1-17-7-6-15-12(17)4-5-16-13(19)10-3-2-9(18)8-11(10)14/h2-3,6-8,18H,4-5H2,1H3,(H,16,19). The summed E-state index contributed by atoms with van der Waals surface area (Å²) in [5.41, 5.74) is -0.0855. The maximum absolute atomic E-state index is 13.4. The summed E-state index contributed by atoms with van der Waals surface area (Å²) in [5.74, 6) is -0.616. The molecule has 0 aliphatic rings. The van der Waals surface area contributed by atoms with Crippen LogP contribution in [0.4, 0.5) is 4.39 Å². The van der Waals surface area contributed by atoms with E-state index in [1.54, 1.807) is 6.20 Å². The number of aromatic hydroxyl groups is 1. The number of aryl methyl sites for hydroxylation is 1. The van der Waals surface area contributed by atoms with Gasteiger partial charge < -0.3 is 15.0 Å². The van der Waals surface area contributed by atoms with E-state index in [1.807, 2.05) is 17.8 Å². The number of carbonyl (C=O) groups is 1. The van der Waals surface area contributed by atoms with Gasteiger partial charge in [0.2, 0.25) is 0 Å². The van der Waals surface area contributed by atoms with Crippen LogP contribution in [0.3, 0.4) is 0 Å². The first kappa shape index (κ1) is 13.1. The van der Waals surface area contributed by atoms with Crippen LogP contribution in [0.15, 0.2) is 30.6 Å². The van der Waals surface area contributed by atoms with Crippen molar-refractivity contribution in [3.63, 3.8) is 0 Å². The number of hydrogen-bond donors (Lipinski definition) is 2. The van der Waals surface area contributed by atoms with Crippen molar-refractivity contribution in [2.75, 3.05) is 6.54 Å². The summed E-state index contributed by atoms with van der Waals surface area (Å²) in [7, 11) is 1.86. The monoisotopic (exact) mass is 263 g/mol. The van der Waals surface area contributed by atoms with Gasteiger partial charge in [0.25, 0.3) is 5.91 Å². The van der Waals surface area contributed by atoms with Crippen LogP contribution in [-0.2, 0) is 13.5 Å². The summed E-state index contributed by atoms with van der Waals surface area (Å²) in [6.07, 6.45) is 4.06. The first-order valence-electron chi connectivity index (χ1n) is 5.81. The number of nitrogens with one attached hydrogen (secondary N) is 1. The topological polar surface area (TPSA) is 67.2 Å². The van der Waals surface area contributed by atoms with E-state index >= 15 is 0 Å². The fraction of sp³-hybridized carbons (Fsp3) is 0.231. The third-order valence-electron chi connectivity index (χ3n) is 2.75. The Morgan fingerprint density at radius 2 is 2.32 bits per heavy atom. The molecule has 0 bridgehead atoms. The molecule has 6 heteroatoms. The van der Waals surface area contributed by atoms with Gasteiger partial charge >= 0.3 is 0 Å². The van der Waals surface area contributed by atoms with Crippen molar-refractivity contribution >= 4 is 5.91 Å². The zero-order valence-electron chi connectivity index (χ0n) is 10.4. The van der Waals surface area contributed by atoms with Crippen molar-refractivity contribution in [2.24, 2.45) is 7.05 Å². The van der Waals surface area contributed by atoms with Crippen LogP contribution in [-0.4, -0.2) is 27.1 Å². The minimum absolute atomic E-state index is 0.0855. The molecule has 2 N–H and O–H groups in total. The number of rotatable bonds is 4. The first-order chi connectivity index (χ1) is 9.08. The van der Waals surface area contributed by atoms with Crippen LogP contribution < -0.4 is 5.32 Å². The maximum Gasteiger partial charge on any atom is 0.254 e. The molecule has 1 aromatic heterocycles. The Balaban J connectivity index is 1.93. The van der Waals surface area contributed by atoms with Gasteiger partial charge in [0.05, 0.1) is 5.56 Å². The minimum Gasteiger partial charge on any atom is -0.508 e. The zero-order chi connectivity index (χ0) is 13.8. The Labute approximate surface area is 109 Å². The average Bonchev–Trinajstić information content (AvgIpc) is 2.75. The van der Waals surface area contributed by atoms with Gasteiger partial charge in [0, 0.05) is 38.5 Å². The smallest absolute Gasteiger partial charge is 0.254 e. The van der Waals surface area contributed by atoms with Crippen LogP contribution in [0.5, 0.6) is 5.75 Å². The van der Waals surface area contributed by atoms with Gasteiger partial charge in [0.15, 0.2) is 0 Å². The van der Waals surface area contributed by atoms with Crippen LogP contribution in [0.25, 0.3) is 0 Å². The van der Waals surface area contributed by atoms with E-state index in [0.29, 0.717) is 13.0 Å². The number of amides is 1. The van der Waals surface area contributed by atoms with Crippen LogP contribution in [0.1, 0.15) is 16.2 Å². The molecule has 2 aromatic rings. The number of imidazole rings is 1. The Morgan fingerprint density at radius 1 is 1.53 bits per heavy atom. The lowest BCUT2D eigenvalue weighted by Gasteiger charge is -2.06. The summed E-state index contributed by atoms with van der Waals surface area (Å²) < 4.78 is 15.3. The van der Waals surface area contributed by atoms with Gasteiger partial charge in [0.1, 0.15) is 17.4 Å². The van der Waals surface area contributed by atoms with E-state index in [9.17, 15) is 9.18 Å². The molecule has 0 spiro atoms.